The molecule has 42 heavy (non-hydrogen) atoms. The zero-order chi connectivity index (χ0) is 35.2. The lowest BCUT2D eigenvalue weighted by Crippen LogP contribution is -2.78. The van der Waals surface area contributed by atoms with E-state index in [1.165, 1.54) is 0 Å². The highest BCUT2D eigenvalue weighted by Crippen LogP contribution is 2.67. The van der Waals surface area contributed by atoms with Crippen LogP contribution in [0.1, 0.15) is 0 Å². The second-order valence-electron chi connectivity index (χ2n) is 7.48. The topological polar surface area (TPSA) is 71.4 Å². The SMILES string of the molecule is O=CC(F)(C(F)(F)C(F)(F)C(F)(F)C(F)(F)C(F)(F)C(F)(F)C(F)(F)C(F)(F)C(F)(F)C(F)(F)C(F)(F)F)S(=O)(=O)O. The predicted octanol–water partition coefficient (Wildman–Crippen LogP) is 6.65. The van der Waals surface area contributed by atoms with E-state index in [9.17, 15) is 119 Å². The van der Waals surface area contributed by atoms with Crippen LogP contribution in [0.4, 0.5) is 105 Å². The monoisotopic (exact) mass is 710 g/mol. The molecule has 0 fully saturated rings. The Balaban J connectivity index is 7.54. The van der Waals surface area contributed by atoms with Crippen molar-refractivity contribution in [3.05, 3.63) is 0 Å². The van der Waals surface area contributed by atoms with Crippen LogP contribution in [0.3, 0.4) is 0 Å². The van der Waals surface area contributed by atoms with E-state index >= 15 is 0 Å². The van der Waals surface area contributed by atoms with E-state index in [1.807, 2.05) is 0 Å². The molecule has 0 aromatic rings. The van der Waals surface area contributed by atoms with Gasteiger partial charge in [0.25, 0.3) is 0 Å². The number of carbonyl (C=O) groups is 1. The van der Waals surface area contributed by atoms with Gasteiger partial charge in [-0.25, -0.2) is 4.39 Å². The molecule has 1 atom stereocenters. The molecule has 1 unspecified atom stereocenters. The van der Waals surface area contributed by atoms with Gasteiger partial charge in [0.05, 0.1) is 0 Å². The summed E-state index contributed by atoms with van der Waals surface area (Å²) < 4.78 is 346. The number of alkyl halides is 24. The second kappa shape index (κ2) is 9.45. The molecule has 0 bridgehead atoms. The molecule has 0 radical (unpaired) electrons. The molecule has 0 heterocycles. The van der Waals surface area contributed by atoms with Crippen molar-refractivity contribution in [2.75, 3.05) is 0 Å². The second-order valence-corrected chi connectivity index (χ2v) is 9.02. The molecule has 0 amide bonds. The Labute approximate surface area is 211 Å². The highest BCUT2D eigenvalue weighted by Gasteiger charge is 2.99. The molecule has 0 saturated carbocycles. The van der Waals surface area contributed by atoms with Crippen LogP contribution in [0.25, 0.3) is 0 Å². The van der Waals surface area contributed by atoms with Gasteiger partial charge in [-0.1, -0.05) is 0 Å². The third-order valence-corrected chi connectivity index (χ3v) is 5.96. The van der Waals surface area contributed by atoms with Gasteiger partial charge in [0.2, 0.25) is 0 Å². The number of carbonyl (C=O) groups excluding carboxylic acids is 1. The summed E-state index contributed by atoms with van der Waals surface area (Å²) in [5.74, 6) is -93.3. The standard InChI is InChI=1S/C13H2F24O4S/c14-2(1-38,42(39,40)41)3(15,16)4(17,18)5(19,20)6(21,22)7(23,24)8(25,26)9(27,28)10(29,30)11(31,32)12(33,34)13(35,36)37/h1H,(H,39,40,41). The first-order valence-electron chi connectivity index (χ1n) is 8.53. The van der Waals surface area contributed by atoms with Crippen LogP contribution < -0.4 is 0 Å². The van der Waals surface area contributed by atoms with Gasteiger partial charge in [0.15, 0.2) is 6.29 Å². The molecule has 0 aliphatic carbocycles. The number of halogens is 24. The van der Waals surface area contributed by atoms with Gasteiger partial charge in [-0.2, -0.15) is 109 Å². The molecule has 0 rings (SSSR count). The largest absolute Gasteiger partial charge is 0.460 e. The van der Waals surface area contributed by atoms with Crippen LogP contribution in [0.15, 0.2) is 0 Å². The van der Waals surface area contributed by atoms with Gasteiger partial charge in [-0.3, -0.25) is 9.35 Å². The summed E-state index contributed by atoms with van der Waals surface area (Å²) in [5.41, 5.74) is 0. The molecule has 29 heteroatoms. The summed E-state index contributed by atoms with van der Waals surface area (Å²) >= 11 is 0. The molecule has 4 nitrogen and oxygen atoms in total. The normalized spacial score (nSPS) is 18.1. The van der Waals surface area contributed by atoms with E-state index in [2.05, 4.69) is 0 Å². The van der Waals surface area contributed by atoms with E-state index in [0.29, 0.717) is 0 Å². The molecule has 1 N–H and O–H groups in total. The van der Waals surface area contributed by atoms with Crippen molar-refractivity contribution in [3.63, 3.8) is 0 Å². The van der Waals surface area contributed by atoms with Crippen molar-refractivity contribution in [3.8, 4) is 0 Å². The maximum Gasteiger partial charge on any atom is 0.460 e. The molecule has 0 saturated heterocycles. The van der Waals surface area contributed by atoms with Crippen molar-refractivity contribution in [1.29, 1.82) is 0 Å². The number of rotatable bonds is 12. The Hall–Kier alpha value is -2.10. The summed E-state index contributed by atoms with van der Waals surface area (Å²) in [6, 6.07) is 0. The van der Waals surface area contributed by atoms with Gasteiger partial charge in [-0.15, -0.1) is 0 Å². The Bertz CT molecular complexity index is 1150. The molecular formula is C13H2F24O4S. The van der Waals surface area contributed by atoms with E-state index in [-0.39, 0.29) is 0 Å². The molecule has 0 aliphatic rings. The first-order chi connectivity index (χ1) is 17.6. The predicted molar refractivity (Wildman–Crippen MR) is 77.0 cm³/mol. The Kier molecular flexibility index (Phi) is 8.98. The zero-order valence-electron chi connectivity index (χ0n) is 17.7. The van der Waals surface area contributed by atoms with Crippen LogP contribution in [0, 0.1) is 0 Å². The summed E-state index contributed by atoms with van der Waals surface area (Å²) in [6.07, 6.45) is -11.1. The van der Waals surface area contributed by atoms with Crippen molar-refractivity contribution < 1.29 is 123 Å². The first-order valence-corrected chi connectivity index (χ1v) is 9.97. The van der Waals surface area contributed by atoms with Crippen LogP contribution in [0.2, 0.25) is 0 Å². The Morgan fingerprint density at radius 1 is 0.357 bits per heavy atom. The minimum atomic E-state index is -9.72. The lowest BCUT2D eigenvalue weighted by Gasteiger charge is -2.45. The van der Waals surface area contributed by atoms with Crippen molar-refractivity contribution >= 4 is 16.4 Å². The maximum absolute atomic E-state index is 13.6. The van der Waals surface area contributed by atoms with Crippen molar-refractivity contribution in [1.82, 2.24) is 0 Å². The average molecular weight is 710 g/mol. The number of aldehydes is 1. The fourth-order valence-electron chi connectivity index (χ4n) is 2.27. The fourth-order valence-corrected chi connectivity index (χ4v) is 2.84. The van der Waals surface area contributed by atoms with E-state index in [4.69, 9.17) is 4.55 Å². The Morgan fingerprint density at radius 3 is 0.667 bits per heavy atom. The zero-order valence-corrected chi connectivity index (χ0v) is 18.5. The minimum Gasteiger partial charge on any atom is -0.298 e. The van der Waals surface area contributed by atoms with Gasteiger partial charge in [0, 0.05) is 0 Å². The van der Waals surface area contributed by atoms with Gasteiger partial charge < -0.3 is 0 Å². The smallest absolute Gasteiger partial charge is 0.298 e. The van der Waals surface area contributed by atoms with Crippen molar-refractivity contribution in [2.45, 2.75) is 70.4 Å². The molecule has 252 valence electrons. The first kappa shape index (κ1) is 39.9. The van der Waals surface area contributed by atoms with Crippen LogP contribution in [0.5, 0.6) is 0 Å². The van der Waals surface area contributed by atoms with Crippen LogP contribution in [-0.2, 0) is 14.9 Å². The molecule has 0 aliphatic heterocycles. The van der Waals surface area contributed by atoms with E-state index < -0.39 is 86.8 Å². The highest BCUT2D eigenvalue weighted by molar-refractivity contribution is 7.87. The average Bonchev–Trinajstić information content (AvgIpc) is 2.75. The Morgan fingerprint density at radius 2 is 0.524 bits per heavy atom. The lowest BCUT2D eigenvalue weighted by atomic mass is 9.85. The van der Waals surface area contributed by atoms with Crippen LogP contribution >= 0.6 is 0 Å². The molecular weight excluding hydrogens is 708 g/mol. The summed E-state index contributed by atoms with van der Waals surface area (Å²) in [6.45, 7) is 0. The third-order valence-electron chi connectivity index (χ3n) is 4.86. The number of hydrogen-bond donors (Lipinski definition) is 1. The van der Waals surface area contributed by atoms with Crippen molar-refractivity contribution in [2.24, 2.45) is 0 Å². The quantitative estimate of drug-likeness (QED) is 0.140. The van der Waals surface area contributed by atoms with E-state index in [1.54, 1.807) is 0 Å². The fraction of sp³-hybridized carbons (Fsp3) is 0.923. The molecule has 0 spiro atoms. The maximum atomic E-state index is 13.6. The minimum absolute atomic E-state index is 2.85. The lowest BCUT2D eigenvalue weighted by molar-refractivity contribution is -0.479. The number of hydrogen-bond acceptors (Lipinski definition) is 3. The van der Waals surface area contributed by atoms with Gasteiger partial charge >= 0.3 is 80.5 Å². The van der Waals surface area contributed by atoms with Gasteiger partial charge in [0.1, 0.15) is 0 Å². The summed E-state index contributed by atoms with van der Waals surface area (Å²) in [4.78, 5) is 10.2. The van der Waals surface area contributed by atoms with Gasteiger partial charge in [-0.05, 0) is 0 Å². The molecule has 0 aromatic heterocycles. The van der Waals surface area contributed by atoms with E-state index in [0.717, 1.165) is 0 Å². The summed E-state index contributed by atoms with van der Waals surface area (Å²) in [5, 5.41) is -7.36. The molecule has 0 aromatic carbocycles. The highest BCUT2D eigenvalue weighted by atomic mass is 32.2. The third kappa shape index (κ3) is 4.35. The van der Waals surface area contributed by atoms with Crippen LogP contribution in [-0.4, -0.2) is 89.7 Å². The summed E-state index contributed by atoms with van der Waals surface area (Å²) in [7, 11) is -7.95.